The van der Waals surface area contributed by atoms with Crippen molar-refractivity contribution in [2.75, 3.05) is 20.1 Å². The van der Waals surface area contributed by atoms with Crippen molar-refractivity contribution in [3.8, 4) is 0 Å². The zero-order valence-corrected chi connectivity index (χ0v) is 19.2. The summed E-state index contributed by atoms with van der Waals surface area (Å²) in [6, 6.07) is 12.7. The fraction of sp³-hybridized carbons (Fsp3) is 0.409. The van der Waals surface area contributed by atoms with E-state index in [9.17, 15) is 9.18 Å². The average molecular weight is 512 g/mol. The number of hydrogen-bond acceptors (Lipinski definition) is 2. The van der Waals surface area contributed by atoms with Crippen LogP contribution in [-0.4, -0.2) is 30.9 Å². The topological polar surface area (TPSA) is 32.3 Å². The molecule has 2 aromatic carbocycles. The van der Waals surface area contributed by atoms with E-state index in [1.807, 2.05) is 37.4 Å². The molecular formula is C22H25Br2FN2O. The fourth-order valence-corrected chi connectivity index (χ4v) is 5.38. The molecule has 28 heavy (non-hydrogen) atoms. The van der Waals surface area contributed by atoms with Crippen LogP contribution in [0.5, 0.6) is 0 Å². The summed E-state index contributed by atoms with van der Waals surface area (Å²) in [5.74, 6) is -0.128. The van der Waals surface area contributed by atoms with Gasteiger partial charge in [0.05, 0.1) is 0 Å². The van der Waals surface area contributed by atoms with Crippen LogP contribution >= 0.6 is 31.9 Å². The van der Waals surface area contributed by atoms with E-state index < -0.39 is 0 Å². The molecule has 0 spiro atoms. The molecule has 0 bridgehead atoms. The molecule has 1 aliphatic rings. The number of hydrogen-bond donors (Lipinski definition) is 1. The summed E-state index contributed by atoms with van der Waals surface area (Å²) in [5.41, 5.74) is 1.88. The van der Waals surface area contributed by atoms with Crippen LogP contribution < -0.4 is 5.32 Å². The number of halogens is 3. The van der Waals surface area contributed by atoms with E-state index in [0.717, 1.165) is 52.4 Å². The number of rotatable bonds is 5. The normalized spacial score (nSPS) is 19.9. The first kappa shape index (κ1) is 21.5. The number of amides is 1. The molecule has 0 aliphatic carbocycles. The molecule has 3 rings (SSSR count). The largest absolute Gasteiger partial charge is 0.341 e. The highest BCUT2D eigenvalue weighted by molar-refractivity contribution is 9.11. The van der Waals surface area contributed by atoms with Gasteiger partial charge in [-0.3, -0.25) is 4.79 Å². The van der Waals surface area contributed by atoms with Crippen molar-refractivity contribution in [1.82, 2.24) is 10.2 Å². The Kier molecular flexibility index (Phi) is 7.29. The second-order valence-corrected chi connectivity index (χ2v) is 9.43. The van der Waals surface area contributed by atoms with Crippen LogP contribution in [0.4, 0.5) is 4.39 Å². The van der Waals surface area contributed by atoms with Crippen molar-refractivity contribution in [2.45, 2.75) is 37.6 Å². The van der Waals surface area contributed by atoms with Gasteiger partial charge in [0, 0.05) is 34.4 Å². The Labute approximate surface area is 183 Å². The van der Waals surface area contributed by atoms with Crippen LogP contribution in [0.1, 0.15) is 36.8 Å². The molecule has 150 valence electrons. The van der Waals surface area contributed by atoms with Gasteiger partial charge < -0.3 is 10.2 Å². The summed E-state index contributed by atoms with van der Waals surface area (Å²) in [7, 11) is 1.85. The van der Waals surface area contributed by atoms with E-state index in [1.54, 1.807) is 4.90 Å². The van der Waals surface area contributed by atoms with E-state index in [1.165, 1.54) is 12.1 Å². The number of nitrogens with one attached hydrogen (secondary N) is 1. The second-order valence-electron chi connectivity index (χ2n) is 7.60. The molecule has 0 radical (unpaired) electrons. The van der Waals surface area contributed by atoms with Gasteiger partial charge in [-0.25, -0.2) is 4.39 Å². The van der Waals surface area contributed by atoms with Gasteiger partial charge in [0.25, 0.3) is 0 Å². The van der Waals surface area contributed by atoms with Crippen molar-refractivity contribution >= 4 is 37.8 Å². The van der Waals surface area contributed by atoms with Crippen LogP contribution in [0.3, 0.4) is 0 Å². The fourth-order valence-electron chi connectivity index (χ4n) is 3.99. The first-order valence-corrected chi connectivity index (χ1v) is 11.1. The van der Waals surface area contributed by atoms with Gasteiger partial charge >= 0.3 is 0 Å². The lowest BCUT2D eigenvalue weighted by Gasteiger charge is -2.34. The van der Waals surface area contributed by atoms with Gasteiger partial charge in [-0.05, 0) is 73.8 Å². The van der Waals surface area contributed by atoms with Gasteiger partial charge in [0.2, 0.25) is 5.91 Å². The zero-order chi connectivity index (χ0) is 20.1. The molecule has 3 nitrogen and oxygen atoms in total. The quantitative estimate of drug-likeness (QED) is 0.582. The highest BCUT2D eigenvalue weighted by atomic mass is 79.9. The molecular weight excluding hydrogens is 487 g/mol. The molecule has 6 heteroatoms. The molecule has 1 unspecified atom stereocenters. The van der Waals surface area contributed by atoms with Gasteiger partial charge in [-0.1, -0.05) is 44.0 Å². The summed E-state index contributed by atoms with van der Waals surface area (Å²) in [6.45, 7) is 2.38. The van der Waals surface area contributed by atoms with E-state index >= 15 is 0 Å². The minimum atomic E-state index is -0.250. The minimum Gasteiger partial charge on any atom is -0.341 e. The summed E-state index contributed by atoms with van der Waals surface area (Å²) in [4.78, 5) is 14.9. The highest BCUT2D eigenvalue weighted by Gasteiger charge is 2.36. The molecule has 1 heterocycles. The maximum Gasteiger partial charge on any atom is 0.223 e. The van der Waals surface area contributed by atoms with Gasteiger partial charge in [0.15, 0.2) is 0 Å². The van der Waals surface area contributed by atoms with Crippen molar-refractivity contribution < 1.29 is 9.18 Å². The molecule has 1 aliphatic heterocycles. The Morgan fingerprint density at radius 1 is 1.11 bits per heavy atom. The first-order chi connectivity index (χ1) is 13.4. The SMILES string of the molecule is CN(Cc1cc(Br)cc(Br)c1)C(=O)CC1(c2ccc(F)cc2)CCCNCC1. The third-order valence-electron chi connectivity index (χ3n) is 5.50. The van der Waals surface area contributed by atoms with Crippen LogP contribution in [0.15, 0.2) is 51.4 Å². The van der Waals surface area contributed by atoms with Crippen molar-refractivity contribution in [3.05, 3.63) is 68.4 Å². The lowest BCUT2D eigenvalue weighted by atomic mass is 9.71. The third-order valence-corrected chi connectivity index (χ3v) is 6.42. The first-order valence-electron chi connectivity index (χ1n) is 9.54. The van der Waals surface area contributed by atoms with E-state index in [4.69, 9.17) is 0 Å². The maximum atomic E-state index is 13.5. The van der Waals surface area contributed by atoms with Crippen LogP contribution in [0.25, 0.3) is 0 Å². The Balaban J connectivity index is 1.79. The molecule has 1 saturated heterocycles. The molecule has 1 atom stereocenters. The lowest BCUT2D eigenvalue weighted by molar-refractivity contribution is -0.132. The van der Waals surface area contributed by atoms with Crippen LogP contribution in [0.2, 0.25) is 0 Å². The predicted molar refractivity (Wildman–Crippen MR) is 118 cm³/mol. The van der Waals surface area contributed by atoms with Crippen LogP contribution in [-0.2, 0) is 16.8 Å². The standard InChI is InChI=1S/C22H25Br2FN2O/c1-27(15-16-11-18(23)13-19(24)12-16)21(28)14-22(7-2-9-26-10-8-22)17-3-5-20(25)6-4-17/h3-6,11-13,26H,2,7-10,14-15H2,1H3. The molecule has 2 aromatic rings. The molecule has 1 N–H and O–H groups in total. The molecule has 0 saturated carbocycles. The lowest BCUT2D eigenvalue weighted by Crippen LogP contribution is -2.36. The van der Waals surface area contributed by atoms with Crippen LogP contribution in [0, 0.1) is 5.82 Å². The van der Waals surface area contributed by atoms with Crippen molar-refractivity contribution in [1.29, 1.82) is 0 Å². The average Bonchev–Trinajstić information content (AvgIpc) is 2.87. The van der Waals surface area contributed by atoms with Gasteiger partial charge in [-0.15, -0.1) is 0 Å². The summed E-state index contributed by atoms with van der Waals surface area (Å²) in [5, 5.41) is 3.43. The number of benzene rings is 2. The predicted octanol–water partition coefficient (Wildman–Crippen LogP) is 5.41. The smallest absolute Gasteiger partial charge is 0.223 e. The van der Waals surface area contributed by atoms with Crippen molar-refractivity contribution in [2.24, 2.45) is 0 Å². The van der Waals surface area contributed by atoms with Gasteiger partial charge in [0.1, 0.15) is 5.82 Å². The van der Waals surface area contributed by atoms with E-state index in [0.29, 0.717) is 13.0 Å². The second kappa shape index (κ2) is 9.51. The number of carbonyl (C=O) groups is 1. The van der Waals surface area contributed by atoms with Gasteiger partial charge in [-0.2, -0.15) is 0 Å². The monoisotopic (exact) mass is 510 g/mol. The Bertz CT molecular complexity index is 798. The Morgan fingerprint density at radius 3 is 2.46 bits per heavy atom. The van der Waals surface area contributed by atoms with E-state index in [-0.39, 0.29) is 17.1 Å². The third kappa shape index (κ3) is 5.43. The highest BCUT2D eigenvalue weighted by Crippen LogP contribution is 2.38. The molecule has 0 aromatic heterocycles. The summed E-state index contributed by atoms with van der Waals surface area (Å²) < 4.78 is 15.4. The summed E-state index contributed by atoms with van der Waals surface area (Å²) in [6.07, 6.45) is 3.24. The number of carbonyl (C=O) groups excluding carboxylic acids is 1. The van der Waals surface area contributed by atoms with E-state index in [2.05, 4.69) is 37.2 Å². The Hall–Kier alpha value is -1.24. The number of nitrogens with zero attached hydrogens (tertiary/aromatic N) is 1. The van der Waals surface area contributed by atoms with Crippen molar-refractivity contribution in [3.63, 3.8) is 0 Å². The maximum absolute atomic E-state index is 13.5. The minimum absolute atomic E-state index is 0.113. The molecule has 1 fully saturated rings. The Morgan fingerprint density at radius 2 is 1.79 bits per heavy atom. The zero-order valence-electron chi connectivity index (χ0n) is 16.0. The summed E-state index contributed by atoms with van der Waals surface area (Å²) >= 11 is 7.00. The molecule has 1 amide bonds.